The van der Waals surface area contributed by atoms with E-state index in [1.165, 1.54) is 5.69 Å². The van der Waals surface area contributed by atoms with E-state index in [0.29, 0.717) is 0 Å². The van der Waals surface area contributed by atoms with Crippen LogP contribution in [0, 0.1) is 0 Å². The number of hydrogen-bond acceptors (Lipinski definition) is 4. The highest BCUT2D eigenvalue weighted by Gasteiger charge is 2.24. The van der Waals surface area contributed by atoms with Gasteiger partial charge in [-0.2, -0.15) is 0 Å². The van der Waals surface area contributed by atoms with Gasteiger partial charge in [0.15, 0.2) is 6.29 Å². The smallest absolute Gasteiger partial charge is 0.158 e. The van der Waals surface area contributed by atoms with Crippen molar-refractivity contribution in [3.63, 3.8) is 0 Å². The summed E-state index contributed by atoms with van der Waals surface area (Å²) < 4.78 is 10.4. The first-order valence-electron chi connectivity index (χ1n) is 5.16. The lowest BCUT2D eigenvalue weighted by atomic mass is 10.0. The van der Waals surface area contributed by atoms with Gasteiger partial charge in [-0.1, -0.05) is 0 Å². The van der Waals surface area contributed by atoms with Gasteiger partial charge in [0.05, 0.1) is 18.1 Å². The summed E-state index contributed by atoms with van der Waals surface area (Å²) in [5.74, 6) is 0. The summed E-state index contributed by atoms with van der Waals surface area (Å²) >= 11 is 0. The van der Waals surface area contributed by atoms with Gasteiger partial charge in [-0.05, 0) is 0 Å². The molecule has 0 saturated carbocycles. The number of imidazole rings is 1. The highest BCUT2D eigenvalue weighted by Crippen LogP contribution is 2.24. The van der Waals surface area contributed by atoms with E-state index in [0.717, 1.165) is 25.1 Å². The van der Waals surface area contributed by atoms with Crippen molar-refractivity contribution in [1.82, 2.24) is 15.3 Å². The Morgan fingerprint density at radius 2 is 2.33 bits per heavy atom. The van der Waals surface area contributed by atoms with Crippen LogP contribution in [0.4, 0.5) is 0 Å². The number of nitrogens with one attached hydrogen (secondary N) is 2. The minimum absolute atomic E-state index is 0.176. The number of ether oxygens (including phenoxy) is 2. The molecule has 0 amide bonds. The summed E-state index contributed by atoms with van der Waals surface area (Å²) in [5, 5.41) is 3.42. The van der Waals surface area contributed by atoms with Gasteiger partial charge in [0.1, 0.15) is 0 Å². The molecular weight excluding hydrogens is 194 g/mol. The Hall–Kier alpha value is -0.910. The molecule has 2 rings (SSSR count). The molecule has 84 valence electrons. The molecule has 0 radical (unpaired) electrons. The number of fused-ring (bicyclic) bond motifs is 1. The maximum absolute atomic E-state index is 5.19. The van der Waals surface area contributed by atoms with E-state index in [2.05, 4.69) is 15.3 Å². The third kappa shape index (κ3) is 2.19. The molecule has 0 bridgehead atoms. The van der Waals surface area contributed by atoms with Crippen LogP contribution in [-0.4, -0.2) is 37.0 Å². The summed E-state index contributed by atoms with van der Waals surface area (Å²) in [4.78, 5) is 7.49. The minimum Gasteiger partial charge on any atom is -0.356 e. The van der Waals surface area contributed by atoms with Crippen molar-refractivity contribution in [2.24, 2.45) is 0 Å². The van der Waals surface area contributed by atoms with Crippen LogP contribution < -0.4 is 5.32 Å². The molecule has 0 aromatic carbocycles. The lowest BCUT2D eigenvalue weighted by Gasteiger charge is -2.25. The number of aromatic nitrogens is 2. The van der Waals surface area contributed by atoms with E-state index in [1.54, 1.807) is 20.5 Å². The van der Waals surface area contributed by atoms with E-state index in [9.17, 15) is 0 Å². The van der Waals surface area contributed by atoms with Crippen LogP contribution >= 0.6 is 0 Å². The maximum atomic E-state index is 5.19. The number of aromatic amines is 1. The van der Waals surface area contributed by atoms with Gasteiger partial charge in [-0.25, -0.2) is 4.98 Å². The zero-order valence-corrected chi connectivity index (χ0v) is 9.12. The van der Waals surface area contributed by atoms with Crippen molar-refractivity contribution in [2.45, 2.75) is 25.2 Å². The molecule has 0 fully saturated rings. The van der Waals surface area contributed by atoms with E-state index in [1.807, 2.05) is 0 Å². The second-order valence-corrected chi connectivity index (χ2v) is 3.66. The standard InChI is InChI=1S/C10H17N3O2/c1-14-9(15-2)5-8-10-7(3-4-11-8)12-6-13-10/h6,8-9,11H,3-5H2,1-2H3,(H,12,13). The lowest BCUT2D eigenvalue weighted by molar-refractivity contribution is -0.111. The van der Waals surface area contributed by atoms with Crippen LogP contribution in [0.5, 0.6) is 0 Å². The highest BCUT2D eigenvalue weighted by atomic mass is 16.7. The zero-order chi connectivity index (χ0) is 10.7. The molecule has 1 atom stereocenters. The highest BCUT2D eigenvalue weighted by molar-refractivity contribution is 5.19. The zero-order valence-electron chi connectivity index (χ0n) is 9.12. The van der Waals surface area contributed by atoms with Gasteiger partial charge in [0.2, 0.25) is 0 Å². The Balaban J connectivity index is 2.06. The van der Waals surface area contributed by atoms with E-state index in [4.69, 9.17) is 9.47 Å². The quantitative estimate of drug-likeness (QED) is 0.716. The minimum atomic E-state index is -0.176. The largest absolute Gasteiger partial charge is 0.356 e. The van der Waals surface area contributed by atoms with E-state index in [-0.39, 0.29) is 12.3 Å². The number of methoxy groups -OCH3 is 2. The Morgan fingerprint density at radius 1 is 1.53 bits per heavy atom. The van der Waals surface area contributed by atoms with Gasteiger partial charge in [-0.3, -0.25) is 0 Å². The van der Waals surface area contributed by atoms with Crippen LogP contribution in [0.25, 0.3) is 0 Å². The summed E-state index contributed by atoms with van der Waals surface area (Å²) in [6, 6.07) is 0.227. The lowest BCUT2D eigenvalue weighted by Crippen LogP contribution is -2.33. The Morgan fingerprint density at radius 3 is 3.07 bits per heavy atom. The molecule has 1 aromatic rings. The van der Waals surface area contributed by atoms with Crippen molar-refractivity contribution in [3.8, 4) is 0 Å². The summed E-state index contributed by atoms with van der Waals surface area (Å²) in [5.41, 5.74) is 2.32. The molecule has 15 heavy (non-hydrogen) atoms. The number of H-pyrrole nitrogens is 1. The molecule has 2 N–H and O–H groups in total. The first-order chi connectivity index (χ1) is 7.35. The molecule has 5 nitrogen and oxygen atoms in total. The first-order valence-corrected chi connectivity index (χ1v) is 5.16. The van der Waals surface area contributed by atoms with Gasteiger partial charge in [0.25, 0.3) is 0 Å². The normalized spacial score (nSPS) is 20.6. The van der Waals surface area contributed by atoms with E-state index >= 15 is 0 Å². The molecule has 1 unspecified atom stereocenters. The number of rotatable bonds is 4. The summed E-state index contributed by atoms with van der Waals surface area (Å²) in [6.07, 6.45) is 3.37. The first kappa shape index (κ1) is 10.6. The molecule has 0 aliphatic carbocycles. The number of hydrogen-bond donors (Lipinski definition) is 2. The second-order valence-electron chi connectivity index (χ2n) is 3.66. The second kappa shape index (κ2) is 4.74. The van der Waals surface area contributed by atoms with Crippen molar-refractivity contribution in [1.29, 1.82) is 0 Å². The molecule has 0 spiro atoms. The van der Waals surface area contributed by atoms with Crippen LogP contribution in [0.1, 0.15) is 23.9 Å². The Bertz CT molecular complexity index is 309. The van der Waals surface area contributed by atoms with Gasteiger partial charge in [-0.15, -0.1) is 0 Å². The van der Waals surface area contributed by atoms with Crippen LogP contribution in [0.3, 0.4) is 0 Å². The predicted octanol–water partition coefficient (Wildman–Crippen LogP) is 0.605. The van der Waals surface area contributed by atoms with Crippen molar-refractivity contribution >= 4 is 0 Å². The van der Waals surface area contributed by atoms with Crippen LogP contribution in [0.15, 0.2) is 6.33 Å². The Kier molecular flexibility index (Phi) is 3.35. The molecule has 2 heterocycles. The molecular formula is C10H17N3O2. The third-order valence-electron chi connectivity index (χ3n) is 2.80. The average Bonchev–Trinajstić information content (AvgIpc) is 2.74. The predicted molar refractivity (Wildman–Crippen MR) is 55.5 cm³/mol. The summed E-state index contributed by atoms with van der Waals surface area (Å²) in [7, 11) is 3.31. The molecule has 0 saturated heterocycles. The van der Waals surface area contributed by atoms with Crippen molar-refractivity contribution in [3.05, 3.63) is 17.7 Å². The fourth-order valence-corrected chi connectivity index (χ4v) is 1.98. The van der Waals surface area contributed by atoms with E-state index < -0.39 is 0 Å². The van der Waals surface area contributed by atoms with Crippen molar-refractivity contribution < 1.29 is 9.47 Å². The molecule has 1 aromatic heterocycles. The fourth-order valence-electron chi connectivity index (χ4n) is 1.98. The Labute approximate surface area is 89.2 Å². The van der Waals surface area contributed by atoms with Gasteiger partial charge >= 0.3 is 0 Å². The topological polar surface area (TPSA) is 59.2 Å². The molecule has 1 aliphatic rings. The van der Waals surface area contributed by atoms with Gasteiger partial charge < -0.3 is 19.8 Å². The maximum Gasteiger partial charge on any atom is 0.158 e. The van der Waals surface area contributed by atoms with Crippen molar-refractivity contribution in [2.75, 3.05) is 20.8 Å². The number of nitrogens with zero attached hydrogens (tertiary/aromatic N) is 1. The molecule has 5 heteroatoms. The average molecular weight is 211 g/mol. The van der Waals surface area contributed by atoms with Crippen LogP contribution in [-0.2, 0) is 15.9 Å². The van der Waals surface area contributed by atoms with Crippen LogP contribution in [0.2, 0.25) is 0 Å². The third-order valence-corrected chi connectivity index (χ3v) is 2.80. The van der Waals surface area contributed by atoms with Gasteiger partial charge in [0, 0.05) is 39.3 Å². The fraction of sp³-hybridized carbons (Fsp3) is 0.700. The SMILES string of the molecule is COC(CC1NCCc2[nH]cnc21)OC. The molecule has 1 aliphatic heterocycles. The summed E-state index contributed by atoms with van der Waals surface area (Å²) in [6.45, 7) is 0.972. The monoisotopic (exact) mass is 211 g/mol.